The topological polar surface area (TPSA) is 96.5 Å². The summed E-state index contributed by atoms with van der Waals surface area (Å²) in [5.74, 6) is 0.00993. The number of nitrogens with zero attached hydrogens (tertiary/aromatic N) is 2. The summed E-state index contributed by atoms with van der Waals surface area (Å²) in [6.45, 7) is 5.66. The minimum atomic E-state index is -0.822. The van der Waals surface area contributed by atoms with Gasteiger partial charge in [-0.05, 0) is 43.4 Å². The van der Waals surface area contributed by atoms with Crippen LogP contribution >= 0.6 is 0 Å². The molecule has 1 fully saturated rings. The lowest BCUT2D eigenvalue weighted by Crippen LogP contribution is -2.40. The fourth-order valence-electron chi connectivity index (χ4n) is 3.45. The lowest BCUT2D eigenvalue weighted by atomic mass is 9.66. The molecule has 2 aromatic rings. The third kappa shape index (κ3) is 2.29. The Hall–Kier alpha value is -2.37. The van der Waals surface area contributed by atoms with Gasteiger partial charge in [0.05, 0.1) is 5.41 Å². The maximum absolute atomic E-state index is 11.7. The van der Waals surface area contributed by atoms with Crippen molar-refractivity contribution >= 4 is 5.97 Å². The summed E-state index contributed by atoms with van der Waals surface area (Å²) in [6.07, 6.45) is 1.27. The SMILES string of the molecule is CC1(C)[C@@H](c2nnc(-c3cccc(O)c3)o2)CC[C@@]1(C)C(=O)O. The minimum Gasteiger partial charge on any atom is -0.508 e. The zero-order valence-electron chi connectivity index (χ0n) is 13.4. The first-order valence-corrected chi connectivity index (χ1v) is 7.62. The van der Waals surface area contributed by atoms with Gasteiger partial charge in [0.1, 0.15) is 5.75 Å². The first-order valence-electron chi connectivity index (χ1n) is 7.62. The van der Waals surface area contributed by atoms with Crippen molar-refractivity contribution in [3.63, 3.8) is 0 Å². The smallest absolute Gasteiger partial charge is 0.309 e. The van der Waals surface area contributed by atoms with Crippen LogP contribution in [0.15, 0.2) is 28.7 Å². The third-order valence-electron chi connectivity index (χ3n) is 5.53. The molecule has 1 heterocycles. The second-order valence-electron chi connectivity index (χ2n) is 6.95. The summed E-state index contributed by atoms with van der Waals surface area (Å²) < 4.78 is 5.79. The fourth-order valence-corrected chi connectivity index (χ4v) is 3.45. The van der Waals surface area contributed by atoms with Crippen LogP contribution in [0.4, 0.5) is 0 Å². The molecular formula is C17H20N2O4. The van der Waals surface area contributed by atoms with E-state index in [2.05, 4.69) is 10.2 Å². The fraction of sp³-hybridized carbons (Fsp3) is 0.471. The van der Waals surface area contributed by atoms with E-state index in [0.29, 0.717) is 30.2 Å². The van der Waals surface area contributed by atoms with Crippen molar-refractivity contribution in [1.29, 1.82) is 0 Å². The van der Waals surface area contributed by atoms with Crippen LogP contribution in [0.2, 0.25) is 0 Å². The van der Waals surface area contributed by atoms with Crippen LogP contribution in [0.25, 0.3) is 11.5 Å². The molecule has 0 unspecified atom stereocenters. The standard InChI is InChI=1S/C17H20N2O4/c1-16(2)12(7-8-17(16,3)15(21)22)14-19-18-13(23-14)10-5-4-6-11(20)9-10/h4-6,9,12,20H,7-8H2,1-3H3,(H,21,22)/t12-,17+/m1/s1. The number of benzene rings is 1. The number of aromatic hydroxyl groups is 1. The van der Waals surface area contributed by atoms with Crippen molar-refractivity contribution in [1.82, 2.24) is 10.2 Å². The van der Waals surface area contributed by atoms with Crippen molar-refractivity contribution in [2.24, 2.45) is 10.8 Å². The first-order chi connectivity index (χ1) is 10.8. The highest BCUT2D eigenvalue weighted by molar-refractivity contribution is 5.76. The van der Waals surface area contributed by atoms with Crippen molar-refractivity contribution in [2.75, 3.05) is 0 Å². The predicted octanol–water partition coefficient (Wildman–Crippen LogP) is 3.44. The zero-order valence-corrected chi connectivity index (χ0v) is 13.4. The lowest BCUT2D eigenvalue weighted by molar-refractivity contribution is -0.153. The number of phenols is 1. The molecule has 1 aromatic heterocycles. The van der Waals surface area contributed by atoms with Gasteiger partial charge in [0.2, 0.25) is 11.8 Å². The van der Waals surface area contributed by atoms with E-state index in [1.165, 1.54) is 0 Å². The van der Waals surface area contributed by atoms with Crippen LogP contribution in [-0.2, 0) is 4.79 Å². The number of phenolic OH excluding ortho intramolecular Hbond substituents is 1. The number of hydrogen-bond donors (Lipinski definition) is 2. The Morgan fingerprint density at radius 3 is 2.65 bits per heavy atom. The van der Waals surface area contributed by atoms with Crippen molar-refractivity contribution in [3.05, 3.63) is 30.2 Å². The van der Waals surface area contributed by atoms with Crippen LogP contribution < -0.4 is 0 Å². The Morgan fingerprint density at radius 2 is 2.04 bits per heavy atom. The first kappa shape index (κ1) is 15.5. The van der Waals surface area contributed by atoms with Gasteiger partial charge in [0, 0.05) is 11.5 Å². The predicted molar refractivity (Wildman–Crippen MR) is 82.9 cm³/mol. The van der Waals surface area contributed by atoms with E-state index in [9.17, 15) is 15.0 Å². The molecule has 0 spiro atoms. The number of rotatable bonds is 3. The quantitative estimate of drug-likeness (QED) is 0.900. The summed E-state index contributed by atoms with van der Waals surface area (Å²) in [7, 11) is 0. The summed E-state index contributed by atoms with van der Waals surface area (Å²) in [6, 6.07) is 6.60. The second-order valence-corrected chi connectivity index (χ2v) is 6.95. The molecule has 1 aliphatic rings. The molecule has 2 N–H and O–H groups in total. The molecule has 6 nitrogen and oxygen atoms in total. The number of carboxylic acids is 1. The van der Waals surface area contributed by atoms with Gasteiger partial charge < -0.3 is 14.6 Å². The molecule has 1 aliphatic carbocycles. The Morgan fingerprint density at radius 1 is 1.30 bits per heavy atom. The molecular weight excluding hydrogens is 296 g/mol. The molecule has 0 amide bonds. The Bertz CT molecular complexity index is 753. The van der Waals surface area contributed by atoms with Gasteiger partial charge in [-0.15, -0.1) is 10.2 Å². The molecule has 0 bridgehead atoms. The molecule has 6 heteroatoms. The molecule has 122 valence electrons. The van der Waals surface area contributed by atoms with Gasteiger partial charge in [0.15, 0.2) is 0 Å². The van der Waals surface area contributed by atoms with Crippen LogP contribution in [0, 0.1) is 10.8 Å². The van der Waals surface area contributed by atoms with E-state index in [0.717, 1.165) is 0 Å². The summed E-state index contributed by atoms with van der Waals surface area (Å²) in [4.78, 5) is 11.7. The maximum Gasteiger partial charge on any atom is 0.309 e. The van der Waals surface area contributed by atoms with Gasteiger partial charge >= 0.3 is 5.97 Å². The Kier molecular flexibility index (Phi) is 3.43. The summed E-state index contributed by atoms with van der Waals surface area (Å²) >= 11 is 0. The molecule has 23 heavy (non-hydrogen) atoms. The summed E-state index contributed by atoms with van der Waals surface area (Å²) in [5, 5.41) is 27.3. The molecule has 2 atom stereocenters. The normalized spacial score (nSPS) is 26.3. The van der Waals surface area contributed by atoms with Gasteiger partial charge in [-0.2, -0.15) is 0 Å². The molecule has 0 aliphatic heterocycles. The van der Waals surface area contributed by atoms with Crippen molar-refractivity contribution < 1.29 is 19.4 Å². The van der Waals surface area contributed by atoms with Gasteiger partial charge in [-0.3, -0.25) is 4.79 Å². The second kappa shape index (κ2) is 5.08. The van der Waals surface area contributed by atoms with E-state index in [-0.39, 0.29) is 11.7 Å². The molecule has 0 saturated heterocycles. The van der Waals surface area contributed by atoms with Gasteiger partial charge in [0.25, 0.3) is 0 Å². The molecule has 3 rings (SSSR count). The van der Waals surface area contributed by atoms with Crippen LogP contribution in [0.1, 0.15) is 45.4 Å². The number of carboxylic acid groups (broad SMARTS) is 1. The van der Waals surface area contributed by atoms with E-state index in [1.54, 1.807) is 31.2 Å². The van der Waals surface area contributed by atoms with Gasteiger partial charge in [-0.25, -0.2) is 0 Å². The third-order valence-corrected chi connectivity index (χ3v) is 5.53. The largest absolute Gasteiger partial charge is 0.508 e. The van der Waals surface area contributed by atoms with E-state index >= 15 is 0 Å². The number of aromatic nitrogens is 2. The number of carbonyl (C=O) groups is 1. The van der Waals surface area contributed by atoms with Crippen LogP contribution in [0.5, 0.6) is 5.75 Å². The Balaban J connectivity index is 1.94. The van der Waals surface area contributed by atoms with Crippen LogP contribution in [0.3, 0.4) is 0 Å². The average Bonchev–Trinajstić information content (AvgIpc) is 3.04. The monoisotopic (exact) mass is 316 g/mol. The highest BCUT2D eigenvalue weighted by atomic mass is 16.4. The van der Waals surface area contributed by atoms with Crippen LogP contribution in [-0.4, -0.2) is 26.4 Å². The molecule has 1 saturated carbocycles. The molecule has 1 aromatic carbocycles. The maximum atomic E-state index is 11.7. The summed E-state index contributed by atoms with van der Waals surface area (Å²) in [5.41, 5.74) is -0.681. The van der Waals surface area contributed by atoms with Crippen molar-refractivity contribution in [3.8, 4) is 17.2 Å². The zero-order chi connectivity index (χ0) is 16.8. The van der Waals surface area contributed by atoms with E-state index in [1.807, 2.05) is 13.8 Å². The minimum absolute atomic E-state index is 0.109. The number of aliphatic carboxylic acids is 1. The van der Waals surface area contributed by atoms with E-state index < -0.39 is 16.8 Å². The van der Waals surface area contributed by atoms with E-state index in [4.69, 9.17) is 4.42 Å². The lowest BCUT2D eigenvalue weighted by Gasteiger charge is -2.37. The highest BCUT2D eigenvalue weighted by Crippen LogP contribution is 2.59. The van der Waals surface area contributed by atoms with Crippen molar-refractivity contribution in [2.45, 2.75) is 39.5 Å². The average molecular weight is 316 g/mol. The highest BCUT2D eigenvalue weighted by Gasteiger charge is 2.58. The Labute approximate surface area is 134 Å². The molecule has 0 radical (unpaired) electrons. The number of hydrogen-bond acceptors (Lipinski definition) is 5. The van der Waals surface area contributed by atoms with Gasteiger partial charge in [-0.1, -0.05) is 19.9 Å².